The molecule has 1 aliphatic rings. The number of hydrogen-bond acceptors (Lipinski definition) is 2. The van der Waals surface area contributed by atoms with Gasteiger partial charge in [0.25, 0.3) is 0 Å². The quantitative estimate of drug-likeness (QED) is 0.726. The van der Waals surface area contributed by atoms with Crippen LogP contribution in [0.2, 0.25) is 5.02 Å². The summed E-state index contributed by atoms with van der Waals surface area (Å²) in [6.45, 7) is 0. The van der Waals surface area contributed by atoms with Gasteiger partial charge in [0.2, 0.25) is 5.78 Å². The zero-order valence-electron chi connectivity index (χ0n) is 11.1. The molecule has 1 aliphatic heterocycles. The number of carbonyl (C=O) groups excluding carboxylic acids is 1. The van der Waals surface area contributed by atoms with E-state index >= 15 is 0 Å². The molecule has 1 aromatic heterocycles. The molecule has 21 heavy (non-hydrogen) atoms. The lowest BCUT2D eigenvalue weighted by Gasteiger charge is -2.08. The van der Waals surface area contributed by atoms with Crippen molar-refractivity contribution in [3.8, 4) is 5.75 Å². The molecule has 104 valence electrons. The van der Waals surface area contributed by atoms with Crippen LogP contribution in [0.4, 0.5) is 0 Å². The third-order valence-electron chi connectivity index (χ3n) is 3.85. The maximum atomic E-state index is 12.7. The normalized spacial score (nSPS) is 16.7. The molecule has 3 nitrogen and oxygen atoms in total. The van der Waals surface area contributed by atoms with Crippen LogP contribution in [0.25, 0.3) is 10.9 Å². The zero-order chi connectivity index (χ0) is 14.4. The van der Waals surface area contributed by atoms with Crippen LogP contribution < -0.4 is 4.74 Å². The third-order valence-corrected chi connectivity index (χ3v) is 4.08. The van der Waals surface area contributed by atoms with Crippen molar-refractivity contribution in [2.24, 2.45) is 0 Å². The Morgan fingerprint density at radius 2 is 2.10 bits per heavy atom. The number of halogens is 1. The maximum absolute atomic E-state index is 12.7. The Morgan fingerprint density at radius 1 is 1.24 bits per heavy atom. The molecule has 4 heteroatoms. The number of ketones is 1. The van der Waals surface area contributed by atoms with E-state index in [-0.39, 0.29) is 5.78 Å². The summed E-state index contributed by atoms with van der Waals surface area (Å²) >= 11 is 5.97. The molecular formula is C17H12ClNO2. The number of aromatic nitrogens is 1. The number of ether oxygens (including phenoxy) is 1. The Kier molecular flexibility index (Phi) is 2.76. The SMILES string of the molecule is O=C(c1c[nH]c2cc(Cl)ccc12)C1Cc2ccccc2O1. The van der Waals surface area contributed by atoms with Crippen LogP contribution in [0.3, 0.4) is 0 Å². The van der Waals surface area contributed by atoms with Gasteiger partial charge in [0.05, 0.1) is 0 Å². The van der Waals surface area contributed by atoms with Crippen molar-refractivity contribution in [3.05, 3.63) is 64.8 Å². The Bertz CT molecular complexity index is 828. The van der Waals surface area contributed by atoms with E-state index in [4.69, 9.17) is 16.3 Å². The fraction of sp³-hybridized carbons (Fsp3) is 0.118. The summed E-state index contributed by atoms with van der Waals surface area (Å²) in [7, 11) is 0. The van der Waals surface area contributed by atoms with Gasteiger partial charge in [-0.05, 0) is 23.8 Å². The van der Waals surface area contributed by atoms with Crippen LogP contribution in [0.1, 0.15) is 15.9 Å². The number of aromatic amines is 1. The van der Waals surface area contributed by atoms with E-state index < -0.39 is 6.10 Å². The second-order valence-electron chi connectivity index (χ2n) is 5.17. The molecule has 0 bridgehead atoms. The summed E-state index contributed by atoms with van der Waals surface area (Å²) in [5.41, 5.74) is 2.60. The molecule has 0 amide bonds. The molecule has 3 aromatic rings. The molecule has 2 aromatic carbocycles. The molecule has 4 rings (SSSR count). The molecule has 2 heterocycles. The standard InChI is InChI=1S/C17H12ClNO2/c18-11-5-6-12-13(9-19-14(12)8-11)17(20)16-7-10-3-1-2-4-15(10)21-16/h1-6,8-9,16,19H,7H2. The van der Waals surface area contributed by atoms with Crippen LogP contribution in [0, 0.1) is 0 Å². The summed E-state index contributed by atoms with van der Waals surface area (Å²) < 4.78 is 5.78. The van der Waals surface area contributed by atoms with E-state index in [2.05, 4.69) is 4.98 Å². The zero-order valence-corrected chi connectivity index (χ0v) is 11.9. The molecule has 0 fully saturated rings. The van der Waals surface area contributed by atoms with Crippen molar-refractivity contribution in [1.82, 2.24) is 4.98 Å². The Morgan fingerprint density at radius 3 is 2.95 bits per heavy atom. The molecular weight excluding hydrogens is 286 g/mol. The Hall–Kier alpha value is -2.26. The molecule has 1 atom stereocenters. The first-order valence-electron chi connectivity index (χ1n) is 6.78. The van der Waals surface area contributed by atoms with Gasteiger partial charge in [-0.25, -0.2) is 0 Å². The van der Waals surface area contributed by atoms with Crippen molar-refractivity contribution in [2.75, 3.05) is 0 Å². The molecule has 0 radical (unpaired) electrons. The summed E-state index contributed by atoms with van der Waals surface area (Å²) in [4.78, 5) is 15.8. The number of nitrogens with one attached hydrogen (secondary N) is 1. The van der Waals surface area contributed by atoms with Gasteiger partial charge in [0.15, 0.2) is 6.10 Å². The van der Waals surface area contributed by atoms with Gasteiger partial charge >= 0.3 is 0 Å². The monoisotopic (exact) mass is 297 g/mol. The van der Waals surface area contributed by atoms with E-state index in [0.29, 0.717) is 17.0 Å². The van der Waals surface area contributed by atoms with E-state index in [1.165, 1.54) is 0 Å². The highest BCUT2D eigenvalue weighted by molar-refractivity contribution is 6.31. The topological polar surface area (TPSA) is 42.1 Å². The Labute approximate surface area is 126 Å². The van der Waals surface area contributed by atoms with Crippen molar-refractivity contribution < 1.29 is 9.53 Å². The van der Waals surface area contributed by atoms with Gasteiger partial charge in [-0.15, -0.1) is 0 Å². The number of benzene rings is 2. The number of fused-ring (bicyclic) bond motifs is 2. The van der Waals surface area contributed by atoms with E-state index in [1.807, 2.05) is 36.4 Å². The second kappa shape index (κ2) is 4.64. The average molecular weight is 298 g/mol. The smallest absolute Gasteiger partial charge is 0.205 e. The first-order chi connectivity index (χ1) is 10.2. The van der Waals surface area contributed by atoms with E-state index in [1.54, 1.807) is 12.3 Å². The van der Waals surface area contributed by atoms with E-state index in [9.17, 15) is 4.79 Å². The lowest BCUT2D eigenvalue weighted by atomic mass is 10.0. The molecule has 1 unspecified atom stereocenters. The molecule has 0 saturated heterocycles. The van der Waals surface area contributed by atoms with Gasteiger partial charge in [-0.3, -0.25) is 4.79 Å². The minimum atomic E-state index is -0.447. The predicted molar refractivity (Wildman–Crippen MR) is 82.2 cm³/mol. The predicted octanol–water partition coefficient (Wildman–Crippen LogP) is 4.01. The Balaban J connectivity index is 1.69. The van der Waals surface area contributed by atoms with Crippen molar-refractivity contribution in [2.45, 2.75) is 12.5 Å². The molecule has 0 aliphatic carbocycles. The van der Waals surface area contributed by atoms with Crippen molar-refractivity contribution >= 4 is 28.3 Å². The molecule has 0 saturated carbocycles. The van der Waals surface area contributed by atoms with Gasteiger partial charge < -0.3 is 9.72 Å². The first kappa shape index (κ1) is 12.5. The number of carbonyl (C=O) groups is 1. The van der Waals surface area contributed by atoms with Crippen LogP contribution in [-0.2, 0) is 6.42 Å². The fourth-order valence-electron chi connectivity index (χ4n) is 2.80. The highest BCUT2D eigenvalue weighted by atomic mass is 35.5. The highest BCUT2D eigenvalue weighted by Gasteiger charge is 2.30. The van der Waals surface area contributed by atoms with Crippen LogP contribution in [0.5, 0.6) is 5.75 Å². The van der Waals surface area contributed by atoms with Crippen LogP contribution in [0.15, 0.2) is 48.7 Å². The van der Waals surface area contributed by atoms with E-state index in [0.717, 1.165) is 22.2 Å². The fourth-order valence-corrected chi connectivity index (χ4v) is 2.98. The summed E-state index contributed by atoms with van der Waals surface area (Å²) in [5.74, 6) is 0.804. The summed E-state index contributed by atoms with van der Waals surface area (Å²) in [5, 5.41) is 1.52. The maximum Gasteiger partial charge on any atom is 0.205 e. The van der Waals surface area contributed by atoms with Crippen LogP contribution in [-0.4, -0.2) is 16.9 Å². The van der Waals surface area contributed by atoms with Gasteiger partial charge in [-0.1, -0.05) is 35.9 Å². The number of H-pyrrole nitrogens is 1. The number of para-hydroxylation sites is 1. The van der Waals surface area contributed by atoms with Crippen molar-refractivity contribution in [1.29, 1.82) is 0 Å². The van der Waals surface area contributed by atoms with Crippen LogP contribution >= 0.6 is 11.6 Å². The largest absolute Gasteiger partial charge is 0.482 e. The average Bonchev–Trinajstić information content (AvgIpc) is 3.09. The number of Topliss-reactive ketones (excluding diaryl/α,β-unsaturated/α-hetero) is 1. The van der Waals surface area contributed by atoms with Gasteiger partial charge in [0, 0.05) is 34.1 Å². The number of rotatable bonds is 2. The van der Waals surface area contributed by atoms with Crippen molar-refractivity contribution in [3.63, 3.8) is 0 Å². The lowest BCUT2D eigenvalue weighted by molar-refractivity contribution is 0.0826. The third kappa shape index (κ3) is 2.01. The number of hydrogen-bond donors (Lipinski definition) is 1. The molecule has 0 spiro atoms. The molecule has 1 N–H and O–H groups in total. The van der Waals surface area contributed by atoms with Gasteiger partial charge in [0.1, 0.15) is 5.75 Å². The van der Waals surface area contributed by atoms with Gasteiger partial charge in [-0.2, -0.15) is 0 Å². The first-order valence-corrected chi connectivity index (χ1v) is 7.15. The minimum absolute atomic E-state index is 0.000211. The second-order valence-corrected chi connectivity index (χ2v) is 5.61. The minimum Gasteiger partial charge on any atom is -0.482 e. The summed E-state index contributed by atoms with van der Waals surface area (Å²) in [6, 6.07) is 13.2. The summed E-state index contributed by atoms with van der Waals surface area (Å²) in [6.07, 6.45) is 1.90. The lowest BCUT2D eigenvalue weighted by Crippen LogP contribution is -2.25. The highest BCUT2D eigenvalue weighted by Crippen LogP contribution is 2.31.